The van der Waals surface area contributed by atoms with Crippen LogP contribution in [0.4, 0.5) is 4.39 Å². The first-order chi connectivity index (χ1) is 10.0. The van der Waals surface area contributed by atoms with E-state index in [1.165, 1.54) is 18.2 Å². The van der Waals surface area contributed by atoms with Gasteiger partial charge in [-0.05, 0) is 18.6 Å². The maximum Gasteiger partial charge on any atom is 0.261 e. The fraction of sp³-hybridized carbons (Fsp3) is 0.357. The number of hydrogen-bond donors (Lipinski definition) is 1. The predicted molar refractivity (Wildman–Crippen MR) is 70.8 cm³/mol. The fourth-order valence-corrected chi connectivity index (χ4v) is 2.12. The van der Waals surface area contributed by atoms with Crippen molar-refractivity contribution >= 4 is 17.7 Å². The van der Waals surface area contributed by atoms with Crippen LogP contribution in [-0.2, 0) is 14.4 Å². The van der Waals surface area contributed by atoms with Gasteiger partial charge in [0, 0.05) is 0 Å². The van der Waals surface area contributed by atoms with Crippen LogP contribution < -0.4 is 10.1 Å². The van der Waals surface area contributed by atoms with Crippen molar-refractivity contribution in [1.29, 1.82) is 0 Å². The quantitative estimate of drug-likeness (QED) is 0.819. The van der Waals surface area contributed by atoms with Gasteiger partial charge in [0.2, 0.25) is 11.8 Å². The molecule has 1 saturated heterocycles. The molecule has 0 aliphatic carbocycles. The summed E-state index contributed by atoms with van der Waals surface area (Å²) in [7, 11) is 0. The van der Waals surface area contributed by atoms with Crippen LogP contribution in [0.1, 0.15) is 13.3 Å². The number of ether oxygens (including phenoxy) is 1. The molecule has 0 radical (unpaired) electrons. The Bertz CT molecular complexity index is 576. The van der Waals surface area contributed by atoms with Gasteiger partial charge in [-0.1, -0.05) is 19.1 Å². The number of amides is 3. The lowest BCUT2D eigenvalue weighted by Crippen LogP contribution is -2.60. The van der Waals surface area contributed by atoms with Crippen LogP contribution in [0, 0.1) is 5.82 Å². The van der Waals surface area contributed by atoms with E-state index in [-0.39, 0.29) is 12.3 Å². The Labute approximate surface area is 120 Å². The molecule has 0 aromatic heterocycles. The first-order valence-corrected chi connectivity index (χ1v) is 6.53. The molecule has 1 aromatic carbocycles. The number of rotatable bonds is 4. The SMILES string of the molecule is CCC1C(=O)NC(=O)CN1C(=O)COc1ccccc1F. The fourth-order valence-electron chi connectivity index (χ4n) is 2.12. The molecule has 3 amide bonds. The average molecular weight is 294 g/mol. The highest BCUT2D eigenvalue weighted by Gasteiger charge is 2.35. The molecular weight excluding hydrogens is 279 g/mol. The Hall–Kier alpha value is -2.44. The smallest absolute Gasteiger partial charge is 0.261 e. The molecule has 1 fully saturated rings. The number of hydrogen-bond acceptors (Lipinski definition) is 4. The average Bonchev–Trinajstić information content (AvgIpc) is 2.45. The van der Waals surface area contributed by atoms with Gasteiger partial charge >= 0.3 is 0 Å². The van der Waals surface area contributed by atoms with Crippen LogP contribution in [0.5, 0.6) is 5.75 Å². The molecule has 1 heterocycles. The molecular formula is C14H15FN2O4. The lowest BCUT2D eigenvalue weighted by Gasteiger charge is -2.33. The summed E-state index contributed by atoms with van der Waals surface area (Å²) >= 11 is 0. The van der Waals surface area contributed by atoms with E-state index in [1.807, 2.05) is 0 Å². The van der Waals surface area contributed by atoms with E-state index in [9.17, 15) is 18.8 Å². The van der Waals surface area contributed by atoms with Gasteiger partial charge in [-0.3, -0.25) is 19.7 Å². The number of nitrogens with one attached hydrogen (secondary N) is 1. The van der Waals surface area contributed by atoms with Crippen molar-refractivity contribution in [3.05, 3.63) is 30.1 Å². The summed E-state index contributed by atoms with van der Waals surface area (Å²) in [5.41, 5.74) is 0. The van der Waals surface area contributed by atoms with E-state index in [1.54, 1.807) is 13.0 Å². The molecule has 112 valence electrons. The zero-order valence-electron chi connectivity index (χ0n) is 11.5. The van der Waals surface area contributed by atoms with Gasteiger partial charge in [-0.25, -0.2) is 4.39 Å². The third-order valence-electron chi connectivity index (χ3n) is 3.15. The predicted octanol–water partition coefficient (Wildman–Crippen LogP) is 0.468. The van der Waals surface area contributed by atoms with Crippen molar-refractivity contribution in [2.45, 2.75) is 19.4 Å². The number of carbonyl (C=O) groups is 3. The topological polar surface area (TPSA) is 75.7 Å². The van der Waals surface area contributed by atoms with E-state index in [0.29, 0.717) is 6.42 Å². The third kappa shape index (κ3) is 3.36. The maximum absolute atomic E-state index is 13.4. The van der Waals surface area contributed by atoms with E-state index in [2.05, 4.69) is 5.32 Å². The minimum absolute atomic E-state index is 0.0494. The van der Waals surface area contributed by atoms with Gasteiger partial charge in [0.25, 0.3) is 5.91 Å². The zero-order chi connectivity index (χ0) is 15.4. The van der Waals surface area contributed by atoms with Gasteiger partial charge in [0.1, 0.15) is 12.6 Å². The molecule has 1 aliphatic rings. The second-order valence-electron chi connectivity index (χ2n) is 4.58. The van der Waals surface area contributed by atoms with Gasteiger partial charge in [-0.2, -0.15) is 0 Å². The second kappa shape index (κ2) is 6.34. The number of benzene rings is 1. The summed E-state index contributed by atoms with van der Waals surface area (Å²) in [6.07, 6.45) is 0.380. The van der Waals surface area contributed by atoms with Crippen LogP contribution in [-0.4, -0.2) is 41.8 Å². The molecule has 6 nitrogen and oxygen atoms in total. The monoisotopic (exact) mass is 294 g/mol. The van der Waals surface area contributed by atoms with Crippen LogP contribution >= 0.6 is 0 Å². The van der Waals surface area contributed by atoms with Crippen molar-refractivity contribution in [3.63, 3.8) is 0 Å². The first-order valence-electron chi connectivity index (χ1n) is 6.53. The number of piperazine rings is 1. The second-order valence-corrected chi connectivity index (χ2v) is 4.58. The van der Waals surface area contributed by atoms with Crippen molar-refractivity contribution in [3.8, 4) is 5.75 Å². The molecule has 7 heteroatoms. The Morgan fingerprint density at radius 1 is 1.43 bits per heavy atom. The third-order valence-corrected chi connectivity index (χ3v) is 3.15. The van der Waals surface area contributed by atoms with Gasteiger partial charge in [-0.15, -0.1) is 0 Å². The number of halogens is 1. The molecule has 1 aromatic rings. The van der Waals surface area contributed by atoms with Crippen LogP contribution in [0.25, 0.3) is 0 Å². The van der Waals surface area contributed by atoms with Crippen LogP contribution in [0.3, 0.4) is 0 Å². The lowest BCUT2D eigenvalue weighted by molar-refractivity contribution is -0.151. The Balaban J connectivity index is 2.03. The summed E-state index contributed by atoms with van der Waals surface area (Å²) in [5, 5.41) is 2.18. The minimum Gasteiger partial charge on any atom is -0.481 e. The normalized spacial score (nSPS) is 18.4. The lowest BCUT2D eigenvalue weighted by atomic mass is 10.1. The Morgan fingerprint density at radius 3 is 2.81 bits per heavy atom. The highest BCUT2D eigenvalue weighted by Crippen LogP contribution is 2.16. The molecule has 0 bridgehead atoms. The van der Waals surface area contributed by atoms with Crippen molar-refractivity contribution in [2.75, 3.05) is 13.2 Å². The number of para-hydroxylation sites is 1. The molecule has 1 atom stereocenters. The van der Waals surface area contributed by atoms with Crippen molar-refractivity contribution in [2.24, 2.45) is 0 Å². The Kier molecular flexibility index (Phi) is 4.52. The standard InChI is InChI=1S/C14H15FN2O4/c1-2-10-14(20)16-12(18)7-17(10)13(19)8-21-11-6-4-3-5-9(11)15/h3-6,10H,2,7-8H2,1H3,(H,16,18,20). The minimum atomic E-state index is -0.709. The van der Waals surface area contributed by atoms with E-state index in [0.717, 1.165) is 4.90 Å². The van der Waals surface area contributed by atoms with Crippen LogP contribution in [0.2, 0.25) is 0 Å². The van der Waals surface area contributed by atoms with Crippen LogP contribution in [0.15, 0.2) is 24.3 Å². The summed E-state index contributed by atoms with van der Waals surface area (Å²) in [6, 6.07) is 4.99. The largest absolute Gasteiger partial charge is 0.481 e. The molecule has 0 spiro atoms. The maximum atomic E-state index is 13.4. The van der Waals surface area contributed by atoms with E-state index >= 15 is 0 Å². The van der Waals surface area contributed by atoms with Gasteiger partial charge in [0.05, 0.1) is 0 Å². The van der Waals surface area contributed by atoms with E-state index in [4.69, 9.17) is 4.74 Å². The summed E-state index contributed by atoms with van der Waals surface area (Å²) < 4.78 is 18.5. The molecule has 1 aliphatic heterocycles. The highest BCUT2D eigenvalue weighted by atomic mass is 19.1. The first kappa shape index (κ1) is 15.0. The highest BCUT2D eigenvalue weighted by molar-refractivity contribution is 6.04. The number of carbonyl (C=O) groups excluding carboxylic acids is 3. The van der Waals surface area contributed by atoms with Crippen molar-refractivity contribution < 1.29 is 23.5 Å². The molecule has 2 rings (SSSR count). The van der Waals surface area contributed by atoms with Gasteiger partial charge in [0.15, 0.2) is 18.2 Å². The number of imide groups is 1. The summed E-state index contributed by atoms with van der Waals surface area (Å²) in [5.74, 6) is -2.21. The Morgan fingerprint density at radius 2 is 2.14 bits per heavy atom. The molecule has 21 heavy (non-hydrogen) atoms. The van der Waals surface area contributed by atoms with Gasteiger partial charge < -0.3 is 9.64 Å². The van der Waals surface area contributed by atoms with E-state index < -0.39 is 36.2 Å². The zero-order valence-corrected chi connectivity index (χ0v) is 11.5. The molecule has 0 saturated carbocycles. The summed E-state index contributed by atoms with van der Waals surface area (Å²) in [4.78, 5) is 36.2. The number of nitrogens with zero attached hydrogens (tertiary/aromatic N) is 1. The van der Waals surface area contributed by atoms with Crippen molar-refractivity contribution in [1.82, 2.24) is 10.2 Å². The molecule has 1 unspecified atom stereocenters. The summed E-state index contributed by atoms with van der Waals surface area (Å²) in [6.45, 7) is 1.10. The molecule has 1 N–H and O–H groups in total.